The molecular weight excluding hydrogens is 178 g/mol. The lowest BCUT2D eigenvalue weighted by Crippen LogP contribution is -2.23. The minimum absolute atomic E-state index is 0.00583. The van der Waals surface area contributed by atoms with E-state index in [0.717, 1.165) is 11.2 Å². The number of hydrogen-bond donors (Lipinski definition) is 0. The molecule has 0 bridgehead atoms. The number of aryl methyl sites for hydroxylation is 1. The normalized spacial score (nSPS) is 11.4. The van der Waals surface area contributed by atoms with Crippen molar-refractivity contribution in [2.75, 3.05) is 0 Å². The molecule has 0 aliphatic carbocycles. The molecule has 0 atom stereocenters. The smallest absolute Gasteiger partial charge is 0.288 e. The van der Waals surface area contributed by atoms with Crippen LogP contribution in [-0.2, 0) is 7.05 Å². The quantitative estimate of drug-likeness (QED) is 0.682. The van der Waals surface area contributed by atoms with Gasteiger partial charge in [-0.3, -0.25) is 9.13 Å². The number of fused-ring (bicyclic) bond motifs is 1. The maximum atomic E-state index is 11.8. The zero-order chi connectivity index (χ0) is 10.3. The van der Waals surface area contributed by atoms with E-state index in [1.807, 2.05) is 26.0 Å². The van der Waals surface area contributed by atoms with E-state index in [2.05, 4.69) is 4.98 Å². The maximum absolute atomic E-state index is 11.8. The van der Waals surface area contributed by atoms with Gasteiger partial charge in [-0.05, 0) is 26.0 Å². The predicted molar refractivity (Wildman–Crippen MR) is 55.4 cm³/mol. The van der Waals surface area contributed by atoms with E-state index < -0.39 is 0 Å². The molecule has 2 heterocycles. The van der Waals surface area contributed by atoms with Gasteiger partial charge in [0.15, 0.2) is 5.65 Å². The van der Waals surface area contributed by atoms with E-state index in [4.69, 9.17) is 0 Å². The predicted octanol–water partition coefficient (Wildman–Crippen LogP) is 1.32. The minimum Gasteiger partial charge on any atom is -0.288 e. The average molecular weight is 191 g/mol. The molecule has 0 unspecified atom stereocenters. The molecule has 0 saturated heterocycles. The van der Waals surface area contributed by atoms with Gasteiger partial charge in [-0.1, -0.05) is 0 Å². The Balaban J connectivity index is 2.95. The van der Waals surface area contributed by atoms with E-state index in [0.29, 0.717) is 0 Å². The van der Waals surface area contributed by atoms with E-state index in [-0.39, 0.29) is 11.7 Å². The van der Waals surface area contributed by atoms with E-state index >= 15 is 0 Å². The SMILES string of the molecule is CC(C)n1c(=O)n(C)c2ncccc21. The van der Waals surface area contributed by atoms with Crippen molar-refractivity contribution in [2.45, 2.75) is 19.9 Å². The molecule has 2 aromatic rings. The van der Waals surface area contributed by atoms with E-state index in [1.54, 1.807) is 22.4 Å². The summed E-state index contributed by atoms with van der Waals surface area (Å²) in [7, 11) is 1.75. The summed E-state index contributed by atoms with van der Waals surface area (Å²) < 4.78 is 3.33. The molecule has 14 heavy (non-hydrogen) atoms. The van der Waals surface area contributed by atoms with Crippen molar-refractivity contribution < 1.29 is 0 Å². The average Bonchev–Trinajstić information content (AvgIpc) is 2.41. The van der Waals surface area contributed by atoms with Gasteiger partial charge in [0.25, 0.3) is 0 Å². The van der Waals surface area contributed by atoms with Crippen LogP contribution in [0.4, 0.5) is 0 Å². The van der Waals surface area contributed by atoms with Gasteiger partial charge in [-0.2, -0.15) is 0 Å². The summed E-state index contributed by atoms with van der Waals surface area (Å²) in [5.74, 6) is 0. The summed E-state index contributed by atoms with van der Waals surface area (Å²) in [5.41, 5.74) is 1.63. The lowest BCUT2D eigenvalue weighted by atomic mass is 10.3. The van der Waals surface area contributed by atoms with Crippen LogP contribution in [0.1, 0.15) is 19.9 Å². The Labute approximate surface area is 81.8 Å². The lowest BCUT2D eigenvalue weighted by molar-refractivity contribution is 0.583. The zero-order valence-corrected chi connectivity index (χ0v) is 8.56. The molecule has 0 spiro atoms. The highest BCUT2D eigenvalue weighted by atomic mass is 16.1. The molecule has 4 nitrogen and oxygen atoms in total. The van der Waals surface area contributed by atoms with E-state index in [1.165, 1.54) is 0 Å². The van der Waals surface area contributed by atoms with Crippen LogP contribution in [0.15, 0.2) is 23.1 Å². The summed E-state index contributed by atoms with van der Waals surface area (Å²) in [6.45, 7) is 3.99. The number of pyridine rings is 1. The number of hydrogen-bond acceptors (Lipinski definition) is 2. The summed E-state index contributed by atoms with van der Waals surface area (Å²) in [5, 5.41) is 0. The third-order valence-electron chi connectivity index (χ3n) is 2.35. The first-order valence-electron chi connectivity index (χ1n) is 4.65. The second-order valence-electron chi connectivity index (χ2n) is 3.65. The van der Waals surface area contributed by atoms with Crippen LogP contribution in [0.25, 0.3) is 11.2 Å². The van der Waals surface area contributed by atoms with Gasteiger partial charge in [-0.25, -0.2) is 9.78 Å². The molecule has 74 valence electrons. The Morgan fingerprint density at radius 2 is 2.14 bits per heavy atom. The van der Waals surface area contributed by atoms with Crippen LogP contribution < -0.4 is 5.69 Å². The summed E-state index contributed by atoms with van der Waals surface area (Å²) >= 11 is 0. The highest BCUT2D eigenvalue weighted by Crippen LogP contribution is 2.12. The molecule has 2 rings (SSSR count). The fraction of sp³-hybridized carbons (Fsp3) is 0.400. The van der Waals surface area contributed by atoms with E-state index in [9.17, 15) is 4.79 Å². The molecule has 0 amide bonds. The van der Waals surface area contributed by atoms with Crippen molar-refractivity contribution in [2.24, 2.45) is 7.05 Å². The lowest BCUT2D eigenvalue weighted by Gasteiger charge is -2.05. The second-order valence-corrected chi connectivity index (χ2v) is 3.65. The number of aromatic nitrogens is 3. The van der Waals surface area contributed by atoms with Crippen molar-refractivity contribution in [1.82, 2.24) is 14.1 Å². The zero-order valence-electron chi connectivity index (χ0n) is 8.56. The Hall–Kier alpha value is -1.58. The van der Waals surface area contributed by atoms with Crippen LogP contribution in [0.3, 0.4) is 0 Å². The summed E-state index contributed by atoms with van der Waals surface area (Å²) in [4.78, 5) is 16.0. The van der Waals surface area contributed by atoms with Crippen molar-refractivity contribution in [3.63, 3.8) is 0 Å². The van der Waals surface area contributed by atoms with Crippen molar-refractivity contribution >= 4 is 11.2 Å². The molecule has 0 fully saturated rings. The summed E-state index contributed by atoms with van der Waals surface area (Å²) in [6.07, 6.45) is 1.70. The van der Waals surface area contributed by atoms with Gasteiger partial charge in [0, 0.05) is 19.3 Å². The van der Waals surface area contributed by atoms with Gasteiger partial charge in [-0.15, -0.1) is 0 Å². The van der Waals surface area contributed by atoms with Gasteiger partial charge in [0.2, 0.25) is 0 Å². The summed E-state index contributed by atoms with van der Waals surface area (Å²) in [6, 6.07) is 3.93. The maximum Gasteiger partial charge on any atom is 0.330 e. The second kappa shape index (κ2) is 2.97. The van der Waals surface area contributed by atoms with Crippen LogP contribution in [0.2, 0.25) is 0 Å². The van der Waals surface area contributed by atoms with Crippen LogP contribution >= 0.6 is 0 Å². The molecule has 0 radical (unpaired) electrons. The molecular formula is C10H13N3O. The Bertz CT molecular complexity index is 522. The highest BCUT2D eigenvalue weighted by Gasteiger charge is 2.12. The Kier molecular flexibility index (Phi) is 1.91. The number of imidazole rings is 1. The van der Waals surface area contributed by atoms with Crippen molar-refractivity contribution in [3.8, 4) is 0 Å². The number of rotatable bonds is 1. The third kappa shape index (κ3) is 1.07. The first kappa shape index (κ1) is 8.99. The third-order valence-corrected chi connectivity index (χ3v) is 2.35. The van der Waals surface area contributed by atoms with Crippen molar-refractivity contribution in [3.05, 3.63) is 28.8 Å². The monoisotopic (exact) mass is 191 g/mol. The van der Waals surface area contributed by atoms with Crippen molar-refractivity contribution in [1.29, 1.82) is 0 Å². The standard InChI is InChI=1S/C10H13N3O/c1-7(2)13-8-5-4-6-11-9(8)12(3)10(13)14/h4-7H,1-3H3. The van der Waals surface area contributed by atoms with Gasteiger partial charge in [0.1, 0.15) is 0 Å². The number of nitrogens with zero attached hydrogens (tertiary/aromatic N) is 3. The molecule has 0 aliphatic heterocycles. The Morgan fingerprint density at radius 3 is 2.79 bits per heavy atom. The topological polar surface area (TPSA) is 39.8 Å². The Morgan fingerprint density at radius 1 is 1.43 bits per heavy atom. The molecule has 4 heteroatoms. The molecule has 0 saturated carbocycles. The van der Waals surface area contributed by atoms with Gasteiger partial charge >= 0.3 is 5.69 Å². The van der Waals surface area contributed by atoms with Crippen LogP contribution in [0, 0.1) is 0 Å². The minimum atomic E-state index is -0.00583. The first-order valence-corrected chi connectivity index (χ1v) is 4.65. The van der Waals surface area contributed by atoms with Crippen LogP contribution in [-0.4, -0.2) is 14.1 Å². The molecule has 0 aliphatic rings. The molecule has 0 N–H and O–H groups in total. The molecule has 0 aromatic carbocycles. The van der Waals surface area contributed by atoms with Gasteiger partial charge in [0.05, 0.1) is 5.52 Å². The first-order chi connectivity index (χ1) is 6.63. The fourth-order valence-electron chi connectivity index (χ4n) is 1.69. The molecule has 2 aromatic heterocycles. The fourth-order valence-corrected chi connectivity index (χ4v) is 1.69. The highest BCUT2D eigenvalue weighted by molar-refractivity contribution is 5.71. The van der Waals surface area contributed by atoms with Crippen LogP contribution in [0.5, 0.6) is 0 Å². The largest absolute Gasteiger partial charge is 0.330 e. The van der Waals surface area contributed by atoms with Gasteiger partial charge < -0.3 is 0 Å².